The third kappa shape index (κ3) is 2.43. The first-order valence-corrected chi connectivity index (χ1v) is 7.52. The van der Waals surface area contributed by atoms with E-state index in [1.54, 1.807) is 6.08 Å². The number of aromatic nitrogens is 1. The molecule has 22 heavy (non-hydrogen) atoms. The fourth-order valence-corrected chi connectivity index (χ4v) is 3.18. The molecule has 1 aromatic carbocycles. The van der Waals surface area contributed by atoms with Gasteiger partial charge in [-0.2, -0.15) is 4.57 Å². The molecule has 112 valence electrons. The highest BCUT2D eigenvalue weighted by atomic mass is 16.1. The molecule has 0 N–H and O–H groups in total. The number of para-hydroxylation sites is 1. The lowest BCUT2D eigenvalue weighted by Crippen LogP contribution is -2.37. The number of ketones is 1. The molecule has 0 unspecified atom stereocenters. The molecule has 0 spiro atoms. The van der Waals surface area contributed by atoms with E-state index in [1.165, 1.54) is 11.3 Å². The number of nitrogens with zero attached hydrogens (tertiary/aromatic N) is 2. The van der Waals surface area contributed by atoms with E-state index >= 15 is 0 Å². The van der Waals surface area contributed by atoms with Crippen LogP contribution in [0.3, 0.4) is 0 Å². The molecule has 1 aliphatic heterocycles. The van der Waals surface area contributed by atoms with Crippen LogP contribution in [-0.2, 0) is 16.8 Å². The van der Waals surface area contributed by atoms with Crippen LogP contribution in [0.4, 0.5) is 5.69 Å². The molecule has 2 aromatic rings. The molecule has 1 aromatic heterocycles. The van der Waals surface area contributed by atoms with E-state index in [9.17, 15) is 4.79 Å². The Balaban J connectivity index is 1.90. The van der Waals surface area contributed by atoms with E-state index in [1.807, 2.05) is 48.3 Å². The highest BCUT2D eigenvalue weighted by molar-refractivity contribution is 5.91. The first-order valence-electron chi connectivity index (χ1n) is 7.52. The molecule has 1 aliphatic rings. The largest absolute Gasteiger partial charge is 0.347 e. The SMILES string of the molecule is CN1/C(=C/C(=O)C[n+]2ccccc2)C(C)(C)c2ccccc21. The van der Waals surface area contributed by atoms with Gasteiger partial charge >= 0.3 is 0 Å². The summed E-state index contributed by atoms with van der Waals surface area (Å²) in [7, 11) is 2.03. The second-order valence-electron chi connectivity index (χ2n) is 6.24. The first-order chi connectivity index (χ1) is 10.5. The molecule has 3 heteroatoms. The fourth-order valence-electron chi connectivity index (χ4n) is 3.18. The lowest BCUT2D eigenvalue weighted by molar-refractivity contribution is -0.683. The predicted octanol–water partition coefficient (Wildman–Crippen LogP) is 2.85. The number of hydrogen-bond acceptors (Lipinski definition) is 2. The zero-order chi connectivity index (χ0) is 15.7. The molecule has 3 rings (SSSR count). The average Bonchev–Trinajstić information content (AvgIpc) is 2.70. The summed E-state index contributed by atoms with van der Waals surface area (Å²) in [4.78, 5) is 14.6. The van der Waals surface area contributed by atoms with Crippen molar-refractivity contribution in [1.29, 1.82) is 0 Å². The molecule has 3 nitrogen and oxygen atoms in total. The number of fused-ring (bicyclic) bond motifs is 1. The topological polar surface area (TPSA) is 24.2 Å². The maximum atomic E-state index is 12.4. The maximum absolute atomic E-state index is 12.4. The van der Waals surface area contributed by atoms with Crippen LogP contribution in [0.5, 0.6) is 0 Å². The molecule has 0 amide bonds. The Hall–Kier alpha value is -2.42. The van der Waals surface area contributed by atoms with E-state index < -0.39 is 0 Å². The van der Waals surface area contributed by atoms with Gasteiger partial charge in [-0.15, -0.1) is 0 Å². The summed E-state index contributed by atoms with van der Waals surface area (Å²) in [6.07, 6.45) is 5.61. The van der Waals surface area contributed by atoms with Crippen molar-refractivity contribution in [3.05, 3.63) is 72.2 Å². The number of likely N-dealkylation sites (N-methyl/N-ethyl adjacent to an activating group) is 1. The zero-order valence-electron chi connectivity index (χ0n) is 13.3. The first kappa shape index (κ1) is 14.5. The predicted molar refractivity (Wildman–Crippen MR) is 87.6 cm³/mol. The van der Waals surface area contributed by atoms with Crippen LogP contribution in [0.15, 0.2) is 66.6 Å². The van der Waals surface area contributed by atoms with Gasteiger partial charge in [-0.25, -0.2) is 0 Å². The number of benzene rings is 1. The Bertz CT molecular complexity index is 732. The smallest absolute Gasteiger partial charge is 0.222 e. The third-order valence-corrected chi connectivity index (χ3v) is 4.35. The summed E-state index contributed by atoms with van der Waals surface area (Å²) in [6.45, 7) is 4.71. The highest BCUT2D eigenvalue weighted by Gasteiger charge is 2.38. The van der Waals surface area contributed by atoms with E-state index in [0.717, 1.165) is 5.70 Å². The summed E-state index contributed by atoms with van der Waals surface area (Å²) in [5.41, 5.74) is 3.35. The Morgan fingerprint density at radius 2 is 1.82 bits per heavy atom. The van der Waals surface area contributed by atoms with E-state index in [-0.39, 0.29) is 11.2 Å². The molecule has 0 atom stereocenters. The molecular weight excluding hydrogens is 272 g/mol. The van der Waals surface area contributed by atoms with Crippen molar-refractivity contribution in [2.24, 2.45) is 0 Å². The highest BCUT2D eigenvalue weighted by Crippen LogP contribution is 2.46. The van der Waals surface area contributed by atoms with Gasteiger partial charge in [0.1, 0.15) is 0 Å². The van der Waals surface area contributed by atoms with Gasteiger partial charge in [0.2, 0.25) is 12.3 Å². The van der Waals surface area contributed by atoms with Crippen molar-refractivity contribution in [2.45, 2.75) is 25.8 Å². The minimum absolute atomic E-state index is 0.110. The van der Waals surface area contributed by atoms with Gasteiger partial charge in [0.05, 0.1) is 0 Å². The average molecular weight is 293 g/mol. The van der Waals surface area contributed by atoms with Crippen molar-refractivity contribution in [3.63, 3.8) is 0 Å². The Morgan fingerprint density at radius 1 is 1.14 bits per heavy atom. The van der Waals surface area contributed by atoms with Gasteiger partial charge < -0.3 is 4.90 Å². The molecule has 0 saturated heterocycles. The van der Waals surface area contributed by atoms with Gasteiger partial charge in [-0.3, -0.25) is 4.79 Å². The van der Waals surface area contributed by atoms with Crippen molar-refractivity contribution in [1.82, 2.24) is 0 Å². The normalized spacial score (nSPS) is 17.6. The second kappa shape index (κ2) is 5.41. The molecule has 0 aliphatic carbocycles. The number of allylic oxidation sites excluding steroid dienone is 2. The van der Waals surface area contributed by atoms with Gasteiger partial charge in [0.25, 0.3) is 0 Å². The van der Waals surface area contributed by atoms with Gasteiger partial charge in [0, 0.05) is 42.1 Å². The quantitative estimate of drug-likeness (QED) is 0.642. The molecule has 2 heterocycles. The van der Waals surface area contributed by atoms with Crippen LogP contribution >= 0.6 is 0 Å². The number of carbonyl (C=O) groups is 1. The molecular formula is C19H21N2O+. The van der Waals surface area contributed by atoms with Crippen LogP contribution in [0.25, 0.3) is 0 Å². The Labute approximate surface area is 131 Å². The summed E-state index contributed by atoms with van der Waals surface area (Å²) in [5.74, 6) is 0.110. The number of carbonyl (C=O) groups excluding carboxylic acids is 1. The second-order valence-corrected chi connectivity index (χ2v) is 6.24. The third-order valence-electron chi connectivity index (χ3n) is 4.35. The van der Waals surface area contributed by atoms with Crippen molar-refractivity contribution < 1.29 is 9.36 Å². The zero-order valence-corrected chi connectivity index (χ0v) is 13.3. The summed E-state index contributed by atoms with van der Waals surface area (Å²) in [6, 6.07) is 14.2. The fraction of sp³-hybridized carbons (Fsp3) is 0.263. The number of anilines is 1. The van der Waals surface area contributed by atoms with Crippen molar-refractivity contribution in [2.75, 3.05) is 11.9 Å². The standard InChI is InChI=1S/C19H21N2O/c1-19(2)16-9-5-6-10-17(16)20(3)18(19)13-15(22)14-21-11-7-4-8-12-21/h4-13H,14H2,1-3H3/q+1/b18-13+. The number of rotatable bonds is 3. The lowest BCUT2D eigenvalue weighted by Gasteiger charge is -2.23. The summed E-state index contributed by atoms with van der Waals surface area (Å²) in [5, 5.41) is 0. The minimum atomic E-state index is -0.150. The van der Waals surface area contributed by atoms with Crippen LogP contribution in [0.1, 0.15) is 19.4 Å². The molecule has 0 fully saturated rings. The minimum Gasteiger partial charge on any atom is -0.347 e. The molecule has 0 saturated carbocycles. The monoisotopic (exact) mass is 293 g/mol. The van der Waals surface area contributed by atoms with E-state index in [4.69, 9.17) is 0 Å². The van der Waals surface area contributed by atoms with E-state index in [2.05, 4.69) is 36.9 Å². The molecule has 0 bridgehead atoms. The van der Waals surface area contributed by atoms with Gasteiger partial charge in [-0.1, -0.05) is 38.1 Å². The summed E-state index contributed by atoms with van der Waals surface area (Å²) >= 11 is 0. The van der Waals surface area contributed by atoms with Gasteiger partial charge in [0.15, 0.2) is 12.4 Å². The van der Waals surface area contributed by atoms with Crippen LogP contribution in [0, 0.1) is 0 Å². The van der Waals surface area contributed by atoms with E-state index in [0.29, 0.717) is 6.54 Å². The van der Waals surface area contributed by atoms with Gasteiger partial charge in [-0.05, 0) is 11.6 Å². The maximum Gasteiger partial charge on any atom is 0.222 e. The Morgan fingerprint density at radius 3 is 2.50 bits per heavy atom. The van der Waals surface area contributed by atoms with Crippen LogP contribution < -0.4 is 9.47 Å². The van der Waals surface area contributed by atoms with Crippen LogP contribution in [0.2, 0.25) is 0 Å². The summed E-state index contributed by atoms with van der Waals surface area (Å²) < 4.78 is 1.90. The van der Waals surface area contributed by atoms with Crippen molar-refractivity contribution in [3.8, 4) is 0 Å². The number of hydrogen-bond donors (Lipinski definition) is 0. The lowest BCUT2D eigenvalue weighted by atomic mass is 9.83. The van der Waals surface area contributed by atoms with Crippen molar-refractivity contribution >= 4 is 11.5 Å². The number of pyridine rings is 1. The Kier molecular flexibility index (Phi) is 3.57. The van der Waals surface area contributed by atoms with Crippen LogP contribution in [-0.4, -0.2) is 12.8 Å². The molecule has 0 radical (unpaired) electrons.